The molecule has 6 nitrogen and oxygen atoms in total. The SMILES string of the molecule is O=C(Nc1c(Br)c(Br)c(Br)c(Br)c1Br)NC1CC(=O)C(=O)Nc2ccccc21. The molecule has 3 N–H and O–H groups in total. The molecule has 11 heteroatoms. The molecule has 1 unspecified atom stereocenters. The number of ketones is 1. The predicted molar refractivity (Wildman–Crippen MR) is 125 cm³/mol. The largest absolute Gasteiger partial charge is 0.331 e. The van der Waals surface area contributed by atoms with Gasteiger partial charge in [0, 0.05) is 25.5 Å². The number of amides is 3. The van der Waals surface area contributed by atoms with Gasteiger partial charge < -0.3 is 16.0 Å². The van der Waals surface area contributed by atoms with Crippen LogP contribution in [0.5, 0.6) is 0 Å². The maximum Gasteiger partial charge on any atom is 0.319 e. The lowest BCUT2D eigenvalue weighted by Crippen LogP contribution is -2.34. The van der Waals surface area contributed by atoms with E-state index in [1.807, 2.05) is 0 Å². The van der Waals surface area contributed by atoms with Crippen LogP contribution in [0.2, 0.25) is 0 Å². The van der Waals surface area contributed by atoms with E-state index in [1.54, 1.807) is 24.3 Å². The third-order valence-electron chi connectivity index (χ3n) is 3.98. The number of carbonyl (C=O) groups excluding carboxylic acids is 3. The number of halogens is 5. The van der Waals surface area contributed by atoms with E-state index in [0.29, 0.717) is 34.8 Å². The highest BCUT2D eigenvalue weighted by molar-refractivity contribution is 9.15. The van der Waals surface area contributed by atoms with Crippen molar-refractivity contribution in [3.05, 3.63) is 52.2 Å². The van der Waals surface area contributed by atoms with Crippen LogP contribution < -0.4 is 16.0 Å². The fraction of sp³-hybridized carbons (Fsp3) is 0.118. The standard InChI is InChI=1S/C17H10Br5N3O3/c18-10-11(19)13(21)15(14(22)12(10)20)25-17(28)24-8-5-9(26)16(27)23-7-4-2-1-3-6(7)8/h1-4,8H,5H2,(H,23,27)(H2,24,25,28). The quantitative estimate of drug-likeness (QED) is 0.196. The Morgan fingerprint density at radius 2 is 1.50 bits per heavy atom. The van der Waals surface area contributed by atoms with Crippen molar-refractivity contribution in [2.45, 2.75) is 12.5 Å². The Labute approximate surface area is 202 Å². The molecular weight excluding hydrogens is 694 g/mol. The number of anilines is 2. The van der Waals surface area contributed by atoms with E-state index >= 15 is 0 Å². The first kappa shape index (κ1) is 21.9. The van der Waals surface area contributed by atoms with Gasteiger partial charge in [-0.3, -0.25) is 9.59 Å². The molecule has 0 saturated carbocycles. The summed E-state index contributed by atoms with van der Waals surface area (Å²) in [5.41, 5.74) is 1.65. The molecule has 2 aromatic carbocycles. The van der Waals surface area contributed by atoms with Crippen LogP contribution in [0.3, 0.4) is 0 Å². The first-order chi connectivity index (χ1) is 13.2. The maximum absolute atomic E-state index is 12.7. The van der Waals surface area contributed by atoms with Crippen molar-refractivity contribution in [1.29, 1.82) is 0 Å². The Kier molecular flexibility index (Phi) is 7.01. The zero-order valence-electron chi connectivity index (χ0n) is 13.7. The summed E-state index contributed by atoms with van der Waals surface area (Å²) in [5, 5.41) is 8.12. The molecule has 3 amide bonds. The van der Waals surface area contributed by atoms with Gasteiger partial charge in [0.15, 0.2) is 0 Å². The zero-order chi connectivity index (χ0) is 20.6. The topological polar surface area (TPSA) is 87.3 Å². The Bertz CT molecular complexity index is 983. The van der Waals surface area contributed by atoms with Gasteiger partial charge in [0.05, 0.1) is 20.7 Å². The van der Waals surface area contributed by atoms with Gasteiger partial charge in [0.1, 0.15) is 0 Å². The molecular formula is C17H10Br5N3O3. The Morgan fingerprint density at radius 3 is 2.14 bits per heavy atom. The van der Waals surface area contributed by atoms with Crippen molar-refractivity contribution < 1.29 is 14.4 Å². The predicted octanol–water partition coefficient (Wildman–Crippen LogP) is 6.27. The third kappa shape index (κ3) is 4.38. The maximum atomic E-state index is 12.7. The number of carbonyl (C=O) groups is 3. The number of rotatable bonds is 2. The lowest BCUT2D eigenvalue weighted by atomic mass is 10.0. The van der Waals surface area contributed by atoms with Crippen LogP contribution in [-0.4, -0.2) is 17.7 Å². The average molecular weight is 704 g/mol. The van der Waals surface area contributed by atoms with E-state index in [0.717, 1.165) is 4.47 Å². The molecule has 1 heterocycles. The second kappa shape index (κ2) is 8.95. The van der Waals surface area contributed by atoms with Crippen LogP contribution in [0.1, 0.15) is 18.0 Å². The first-order valence-corrected chi connectivity index (χ1v) is 11.7. The number of hydrogen-bond donors (Lipinski definition) is 3. The van der Waals surface area contributed by atoms with Gasteiger partial charge in [-0.05, 0) is 91.3 Å². The summed E-state index contributed by atoms with van der Waals surface area (Å²) in [6.07, 6.45) is -0.133. The van der Waals surface area contributed by atoms with Crippen LogP contribution in [0.4, 0.5) is 16.2 Å². The second-order valence-corrected chi connectivity index (χ2v) is 9.73. The highest BCUT2D eigenvalue weighted by atomic mass is 79.9. The molecule has 146 valence electrons. The van der Waals surface area contributed by atoms with Crippen molar-refractivity contribution in [2.24, 2.45) is 0 Å². The number of benzene rings is 2. The minimum Gasteiger partial charge on any atom is -0.331 e. The molecule has 0 bridgehead atoms. The van der Waals surface area contributed by atoms with E-state index in [-0.39, 0.29) is 6.42 Å². The van der Waals surface area contributed by atoms with E-state index < -0.39 is 23.8 Å². The number of Topliss-reactive ketones (excluding diaryl/α,β-unsaturated/α-hetero) is 1. The Balaban J connectivity index is 1.88. The fourth-order valence-corrected chi connectivity index (χ4v) is 5.89. The summed E-state index contributed by atoms with van der Waals surface area (Å²) in [5.74, 6) is -1.29. The lowest BCUT2D eigenvalue weighted by molar-refractivity contribution is -0.134. The number of fused-ring (bicyclic) bond motifs is 1. The van der Waals surface area contributed by atoms with Crippen LogP contribution >= 0.6 is 79.6 Å². The molecule has 0 radical (unpaired) electrons. The smallest absolute Gasteiger partial charge is 0.319 e. The fourth-order valence-electron chi connectivity index (χ4n) is 2.65. The van der Waals surface area contributed by atoms with Crippen LogP contribution in [0, 0.1) is 0 Å². The number of nitrogens with one attached hydrogen (secondary N) is 3. The van der Waals surface area contributed by atoms with Gasteiger partial charge in [-0.15, -0.1) is 0 Å². The molecule has 1 atom stereocenters. The van der Waals surface area contributed by atoms with Crippen molar-refractivity contribution in [3.8, 4) is 0 Å². The van der Waals surface area contributed by atoms with Crippen molar-refractivity contribution in [3.63, 3.8) is 0 Å². The molecule has 0 saturated heterocycles. The highest BCUT2D eigenvalue weighted by Crippen LogP contribution is 2.47. The molecule has 0 spiro atoms. The lowest BCUT2D eigenvalue weighted by Gasteiger charge is -2.20. The molecule has 0 aliphatic carbocycles. The summed E-state index contributed by atoms with van der Waals surface area (Å²) in [6.45, 7) is 0. The van der Waals surface area contributed by atoms with Gasteiger partial charge in [-0.1, -0.05) is 18.2 Å². The summed E-state index contributed by atoms with van der Waals surface area (Å²) in [7, 11) is 0. The minimum atomic E-state index is -0.691. The summed E-state index contributed by atoms with van der Waals surface area (Å²) in [4.78, 5) is 36.6. The zero-order valence-corrected chi connectivity index (χ0v) is 21.6. The Hall–Kier alpha value is -0.750. The van der Waals surface area contributed by atoms with Gasteiger partial charge in [0.2, 0.25) is 5.78 Å². The minimum absolute atomic E-state index is 0.133. The Morgan fingerprint density at radius 1 is 0.929 bits per heavy atom. The average Bonchev–Trinajstić information content (AvgIpc) is 2.79. The van der Waals surface area contributed by atoms with Gasteiger partial charge in [0.25, 0.3) is 5.91 Å². The van der Waals surface area contributed by atoms with E-state index in [2.05, 4.69) is 95.6 Å². The third-order valence-corrected chi connectivity index (χ3v) is 10.1. The van der Waals surface area contributed by atoms with Crippen molar-refractivity contribution in [1.82, 2.24) is 5.32 Å². The first-order valence-electron chi connectivity index (χ1n) is 7.72. The normalized spacial score (nSPS) is 16.1. The molecule has 28 heavy (non-hydrogen) atoms. The van der Waals surface area contributed by atoms with Gasteiger partial charge in [-0.25, -0.2) is 4.79 Å². The monoisotopic (exact) mass is 699 g/mol. The summed E-state index contributed by atoms with van der Waals surface area (Å²) >= 11 is 17.2. The number of urea groups is 1. The number of para-hydroxylation sites is 1. The van der Waals surface area contributed by atoms with Crippen LogP contribution in [0.15, 0.2) is 46.6 Å². The molecule has 2 aromatic rings. The van der Waals surface area contributed by atoms with E-state index in [4.69, 9.17) is 0 Å². The molecule has 1 aliphatic heterocycles. The van der Waals surface area contributed by atoms with Gasteiger partial charge in [-0.2, -0.15) is 0 Å². The van der Waals surface area contributed by atoms with E-state index in [9.17, 15) is 14.4 Å². The van der Waals surface area contributed by atoms with Gasteiger partial charge >= 0.3 is 6.03 Å². The second-order valence-electron chi connectivity index (χ2n) is 5.76. The summed E-state index contributed by atoms with van der Waals surface area (Å²) in [6, 6.07) is 5.81. The molecule has 3 rings (SSSR count). The van der Waals surface area contributed by atoms with Crippen molar-refractivity contribution in [2.75, 3.05) is 10.6 Å². The summed E-state index contributed by atoms with van der Waals surface area (Å²) < 4.78 is 3.44. The molecule has 1 aliphatic rings. The molecule has 0 aromatic heterocycles. The van der Waals surface area contributed by atoms with Crippen molar-refractivity contribution >= 4 is 109 Å². The van der Waals surface area contributed by atoms with Crippen LogP contribution in [-0.2, 0) is 9.59 Å². The molecule has 0 fully saturated rings. The van der Waals surface area contributed by atoms with E-state index in [1.165, 1.54) is 0 Å². The number of hydrogen-bond acceptors (Lipinski definition) is 3. The highest BCUT2D eigenvalue weighted by Gasteiger charge is 2.29. The van der Waals surface area contributed by atoms with Crippen LogP contribution in [0.25, 0.3) is 0 Å².